The van der Waals surface area contributed by atoms with Crippen molar-refractivity contribution in [3.05, 3.63) is 59.2 Å². The minimum absolute atomic E-state index is 0.00616. The second kappa shape index (κ2) is 8.15. The van der Waals surface area contributed by atoms with Gasteiger partial charge in [0.1, 0.15) is 13.2 Å². The van der Waals surface area contributed by atoms with Crippen LogP contribution in [0.15, 0.2) is 42.5 Å². The molecule has 2 aromatic carbocycles. The lowest BCUT2D eigenvalue weighted by atomic mass is 9.97. The topological polar surface area (TPSA) is 55.8 Å². The van der Waals surface area contributed by atoms with Crippen molar-refractivity contribution in [2.24, 2.45) is 0 Å². The SMILES string of the molecule is CN(C)Cc1ccccc1C(=O)CCC(=O)c1ccc2c(c1)OCCO2. The maximum atomic E-state index is 12.6. The van der Waals surface area contributed by atoms with E-state index in [2.05, 4.69) is 0 Å². The number of carbonyl (C=O) groups is 2. The van der Waals surface area contributed by atoms with Crippen LogP contribution in [-0.2, 0) is 6.54 Å². The number of rotatable bonds is 7. The predicted molar refractivity (Wildman–Crippen MR) is 99.2 cm³/mol. The smallest absolute Gasteiger partial charge is 0.163 e. The summed E-state index contributed by atoms with van der Waals surface area (Å²) in [6.45, 7) is 1.69. The molecule has 1 aliphatic heterocycles. The molecule has 136 valence electrons. The molecule has 0 N–H and O–H groups in total. The van der Waals surface area contributed by atoms with Crippen LogP contribution < -0.4 is 9.47 Å². The van der Waals surface area contributed by atoms with Gasteiger partial charge in [-0.1, -0.05) is 24.3 Å². The Morgan fingerprint density at radius 2 is 1.62 bits per heavy atom. The molecular weight excluding hydrogens is 330 g/mol. The Hall–Kier alpha value is -2.66. The molecule has 5 nitrogen and oxygen atoms in total. The van der Waals surface area contributed by atoms with Gasteiger partial charge in [0.25, 0.3) is 0 Å². The number of carbonyl (C=O) groups excluding carboxylic acids is 2. The Balaban J connectivity index is 1.65. The Bertz CT molecular complexity index is 813. The second-order valence-corrected chi connectivity index (χ2v) is 6.60. The Morgan fingerprint density at radius 1 is 0.923 bits per heavy atom. The van der Waals surface area contributed by atoms with E-state index in [0.717, 1.165) is 5.56 Å². The van der Waals surface area contributed by atoms with Crippen molar-refractivity contribution < 1.29 is 19.1 Å². The number of fused-ring (bicyclic) bond motifs is 1. The molecule has 5 heteroatoms. The van der Waals surface area contributed by atoms with E-state index in [9.17, 15) is 9.59 Å². The average molecular weight is 353 g/mol. The van der Waals surface area contributed by atoms with Crippen molar-refractivity contribution in [2.75, 3.05) is 27.3 Å². The number of ether oxygens (including phenoxy) is 2. The van der Waals surface area contributed by atoms with Crippen molar-refractivity contribution in [3.8, 4) is 11.5 Å². The number of Topliss-reactive ketones (excluding diaryl/α,β-unsaturated/α-hetero) is 2. The molecule has 0 aliphatic carbocycles. The van der Waals surface area contributed by atoms with Crippen LogP contribution in [-0.4, -0.2) is 43.8 Å². The summed E-state index contributed by atoms with van der Waals surface area (Å²) in [5, 5.41) is 0. The van der Waals surface area contributed by atoms with E-state index in [4.69, 9.17) is 9.47 Å². The number of ketones is 2. The summed E-state index contributed by atoms with van der Waals surface area (Å²) in [6.07, 6.45) is 0.368. The molecule has 1 heterocycles. The molecule has 0 fully saturated rings. The third-order valence-electron chi connectivity index (χ3n) is 4.25. The van der Waals surface area contributed by atoms with Crippen molar-refractivity contribution in [3.63, 3.8) is 0 Å². The van der Waals surface area contributed by atoms with Crippen LogP contribution in [0.2, 0.25) is 0 Å². The maximum absolute atomic E-state index is 12.6. The van der Waals surface area contributed by atoms with Gasteiger partial charge in [-0.2, -0.15) is 0 Å². The van der Waals surface area contributed by atoms with Crippen LogP contribution in [0.1, 0.15) is 39.1 Å². The molecule has 1 aliphatic rings. The zero-order valence-corrected chi connectivity index (χ0v) is 15.2. The van der Waals surface area contributed by atoms with E-state index in [1.54, 1.807) is 18.2 Å². The van der Waals surface area contributed by atoms with Crippen LogP contribution in [0.5, 0.6) is 11.5 Å². The first-order valence-electron chi connectivity index (χ1n) is 8.73. The second-order valence-electron chi connectivity index (χ2n) is 6.60. The highest BCUT2D eigenvalue weighted by atomic mass is 16.6. The molecule has 0 radical (unpaired) electrons. The van der Waals surface area contributed by atoms with Gasteiger partial charge in [-0.3, -0.25) is 9.59 Å². The summed E-state index contributed by atoms with van der Waals surface area (Å²) >= 11 is 0. The highest BCUT2D eigenvalue weighted by Crippen LogP contribution is 2.31. The molecule has 2 aromatic rings. The quantitative estimate of drug-likeness (QED) is 0.715. The number of nitrogens with zero attached hydrogens (tertiary/aromatic N) is 1. The molecule has 0 unspecified atom stereocenters. The van der Waals surface area contributed by atoms with E-state index >= 15 is 0 Å². The summed E-state index contributed by atoms with van der Waals surface area (Å²) in [5.74, 6) is 1.17. The Labute approximate surface area is 153 Å². The van der Waals surface area contributed by atoms with Crippen molar-refractivity contribution in [1.29, 1.82) is 0 Å². The van der Waals surface area contributed by atoms with E-state index in [1.807, 2.05) is 43.3 Å². The summed E-state index contributed by atoms with van der Waals surface area (Å²) in [4.78, 5) is 27.1. The van der Waals surface area contributed by atoms with Gasteiger partial charge < -0.3 is 14.4 Å². The summed E-state index contributed by atoms with van der Waals surface area (Å²) in [7, 11) is 3.93. The third-order valence-corrected chi connectivity index (χ3v) is 4.25. The van der Waals surface area contributed by atoms with Crippen LogP contribution in [0.4, 0.5) is 0 Å². The molecule has 0 saturated heterocycles. The third kappa shape index (κ3) is 4.29. The van der Waals surface area contributed by atoms with Crippen LogP contribution in [0.25, 0.3) is 0 Å². The van der Waals surface area contributed by atoms with E-state index < -0.39 is 0 Å². The Morgan fingerprint density at radius 3 is 2.38 bits per heavy atom. The first-order chi connectivity index (χ1) is 12.5. The van der Waals surface area contributed by atoms with Crippen LogP contribution in [0, 0.1) is 0 Å². The van der Waals surface area contributed by atoms with E-state index in [-0.39, 0.29) is 24.4 Å². The maximum Gasteiger partial charge on any atom is 0.163 e. The first kappa shape index (κ1) is 18.1. The highest BCUT2D eigenvalue weighted by molar-refractivity contribution is 6.03. The van der Waals surface area contributed by atoms with Gasteiger partial charge in [0.15, 0.2) is 23.1 Å². The number of hydrogen-bond acceptors (Lipinski definition) is 5. The number of benzene rings is 2. The first-order valence-corrected chi connectivity index (χ1v) is 8.73. The van der Waals surface area contributed by atoms with E-state index in [1.165, 1.54) is 0 Å². The highest BCUT2D eigenvalue weighted by Gasteiger charge is 2.17. The summed E-state index contributed by atoms with van der Waals surface area (Å²) < 4.78 is 11.0. The van der Waals surface area contributed by atoms with Gasteiger partial charge in [0.2, 0.25) is 0 Å². The molecule has 0 amide bonds. The van der Waals surface area contributed by atoms with Crippen molar-refractivity contribution in [1.82, 2.24) is 4.90 Å². The monoisotopic (exact) mass is 353 g/mol. The minimum Gasteiger partial charge on any atom is -0.486 e. The lowest BCUT2D eigenvalue weighted by Crippen LogP contribution is -2.16. The Kier molecular flexibility index (Phi) is 5.68. The lowest BCUT2D eigenvalue weighted by molar-refractivity contribution is 0.0916. The standard InChI is InChI=1S/C21H23NO4/c1-22(2)14-16-5-3-4-6-17(16)19(24)9-8-18(23)15-7-10-20-21(13-15)26-12-11-25-20/h3-7,10,13H,8-9,11-12,14H2,1-2H3. The van der Waals surface area contributed by atoms with Gasteiger partial charge >= 0.3 is 0 Å². The van der Waals surface area contributed by atoms with Crippen LogP contribution >= 0.6 is 0 Å². The molecular formula is C21H23NO4. The molecule has 0 spiro atoms. The average Bonchev–Trinajstić information content (AvgIpc) is 2.65. The predicted octanol–water partition coefficient (Wildman–Crippen LogP) is 3.37. The normalized spacial score (nSPS) is 12.9. The fourth-order valence-electron chi connectivity index (χ4n) is 2.99. The molecule has 0 aromatic heterocycles. The zero-order chi connectivity index (χ0) is 18.5. The minimum atomic E-state index is -0.0691. The van der Waals surface area contributed by atoms with Gasteiger partial charge in [0, 0.05) is 30.5 Å². The molecule has 3 rings (SSSR count). The molecule has 0 saturated carbocycles. The largest absolute Gasteiger partial charge is 0.486 e. The molecule has 0 atom stereocenters. The molecule has 0 bridgehead atoms. The fraction of sp³-hybridized carbons (Fsp3) is 0.333. The summed E-state index contributed by atoms with van der Waals surface area (Å²) in [5.41, 5.74) is 2.22. The van der Waals surface area contributed by atoms with E-state index in [0.29, 0.717) is 42.4 Å². The molecule has 26 heavy (non-hydrogen) atoms. The van der Waals surface area contributed by atoms with Crippen molar-refractivity contribution in [2.45, 2.75) is 19.4 Å². The van der Waals surface area contributed by atoms with Gasteiger partial charge in [0.05, 0.1) is 0 Å². The fourth-order valence-corrected chi connectivity index (χ4v) is 2.99. The van der Waals surface area contributed by atoms with Gasteiger partial charge in [-0.25, -0.2) is 0 Å². The zero-order valence-electron chi connectivity index (χ0n) is 15.2. The van der Waals surface area contributed by atoms with Gasteiger partial charge in [-0.15, -0.1) is 0 Å². The number of hydrogen-bond donors (Lipinski definition) is 0. The van der Waals surface area contributed by atoms with Gasteiger partial charge in [-0.05, 0) is 37.9 Å². The van der Waals surface area contributed by atoms with Crippen molar-refractivity contribution >= 4 is 11.6 Å². The summed E-state index contributed by atoms with van der Waals surface area (Å²) in [6, 6.07) is 12.7. The van der Waals surface area contributed by atoms with Crippen LogP contribution in [0.3, 0.4) is 0 Å². The lowest BCUT2D eigenvalue weighted by Gasteiger charge is -2.18.